The zero-order chi connectivity index (χ0) is 37.1. The van der Waals surface area contributed by atoms with Crippen LogP contribution in [-0.2, 0) is 25.7 Å². The lowest BCUT2D eigenvalue weighted by molar-refractivity contribution is -0.137. The molecule has 4 aromatic rings. The number of alkyl carbamates (subject to hydrolysis) is 1. The van der Waals surface area contributed by atoms with Gasteiger partial charge in [0, 0.05) is 24.6 Å². The highest BCUT2D eigenvalue weighted by Gasteiger charge is 2.37. The van der Waals surface area contributed by atoms with Crippen molar-refractivity contribution in [2.24, 2.45) is 11.8 Å². The number of likely N-dealkylation sites (tertiary alicyclic amines) is 1. The molecule has 3 amide bonds. The molecule has 3 aliphatic rings. The molecule has 2 aromatic heterocycles. The van der Waals surface area contributed by atoms with Crippen molar-refractivity contribution < 1.29 is 23.9 Å². The summed E-state index contributed by atoms with van der Waals surface area (Å²) in [6, 6.07) is 15.7. The second-order valence-electron chi connectivity index (χ2n) is 14.6. The smallest absolute Gasteiger partial charge is 0.407 e. The predicted octanol–water partition coefficient (Wildman–Crippen LogP) is 8.04. The zero-order valence-corrected chi connectivity index (χ0v) is 36.9. The van der Waals surface area contributed by atoms with E-state index >= 15 is 0 Å². The van der Waals surface area contributed by atoms with Gasteiger partial charge in [0.1, 0.15) is 17.7 Å². The van der Waals surface area contributed by atoms with Crippen LogP contribution in [0.1, 0.15) is 89.7 Å². The number of hydrogen-bond acceptors (Lipinski definition) is 7. The maximum atomic E-state index is 13.7. The third kappa shape index (κ3) is 10.9. The van der Waals surface area contributed by atoms with Crippen molar-refractivity contribution in [3.63, 3.8) is 0 Å². The van der Waals surface area contributed by atoms with Crippen molar-refractivity contribution in [2.75, 3.05) is 26.8 Å². The van der Waals surface area contributed by atoms with Crippen LogP contribution in [0.4, 0.5) is 4.79 Å². The van der Waals surface area contributed by atoms with Crippen LogP contribution in [0, 0.1) is 11.8 Å². The van der Waals surface area contributed by atoms with E-state index < -0.39 is 12.1 Å². The summed E-state index contributed by atoms with van der Waals surface area (Å²) >= 11 is 0. The highest BCUT2D eigenvalue weighted by atomic mass is 32.1. The van der Waals surface area contributed by atoms with Crippen LogP contribution in [0.15, 0.2) is 66.9 Å². The summed E-state index contributed by atoms with van der Waals surface area (Å²) in [5.41, 5.74) is 6.71. The lowest BCUT2D eigenvalue weighted by Crippen LogP contribution is -2.48. The highest BCUT2D eigenvalue weighted by molar-refractivity contribution is 7.59. The Bertz CT molecular complexity index is 1970. The lowest BCUT2D eigenvalue weighted by Gasteiger charge is -2.27. The number of fused-ring (bicyclic) bond motifs is 4. The Hall–Kier alpha value is -3.83. The number of nitrogens with zero attached hydrogens (tertiary/aromatic N) is 4. The van der Waals surface area contributed by atoms with Gasteiger partial charge in [0.25, 0.3) is 0 Å². The van der Waals surface area contributed by atoms with Gasteiger partial charge < -0.3 is 34.6 Å². The van der Waals surface area contributed by atoms with Gasteiger partial charge in [-0.2, -0.15) is 54.0 Å². The highest BCUT2D eigenvalue weighted by Crippen LogP contribution is 2.36. The molecule has 0 saturated carbocycles. The Morgan fingerprint density at radius 3 is 2.12 bits per heavy atom. The first kappa shape index (κ1) is 50.3. The number of amides is 3. The van der Waals surface area contributed by atoms with Gasteiger partial charge >= 0.3 is 6.09 Å². The van der Waals surface area contributed by atoms with E-state index in [1.807, 2.05) is 35.1 Å². The molecule has 2 bridgehead atoms. The third-order valence-corrected chi connectivity index (χ3v) is 10.9. The fourth-order valence-electron chi connectivity index (χ4n) is 7.57. The van der Waals surface area contributed by atoms with Crippen LogP contribution in [0.5, 0.6) is 0 Å². The normalized spacial score (nSPS) is 19.9. The minimum Gasteiger partial charge on any atom is -0.453 e. The summed E-state index contributed by atoms with van der Waals surface area (Å²) in [6.07, 6.45) is 8.80. The summed E-state index contributed by atoms with van der Waals surface area (Å²) in [5, 5.41) is 2.70. The zero-order valence-electron chi connectivity index (χ0n) is 32.9. The van der Waals surface area contributed by atoms with Gasteiger partial charge in [-0.25, -0.2) is 14.8 Å². The van der Waals surface area contributed by atoms with Crippen LogP contribution in [0.25, 0.3) is 33.6 Å². The molecule has 12 nitrogen and oxygen atoms in total. The first-order chi connectivity index (χ1) is 25.7. The monoisotopic (exact) mass is 871 g/mol. The Morgan fingerprint density at radius 2 is 1.47 bits per heavy atom. The van der Waals surface area contributed by atoms with E-state index in [1.54, 1.807) is 0 Å². The molecule has 0 radical (unpaired) electrons. The van der Waals surface area contributed by atoms with Crippen LogP contribution >= 0.6 is 54.0 Å². The molecule has 3 aliphatic heterocycles. The summed E-state index contributed by atoms with van der Waals surface area (Å²) in [4.78, 5) is 59.5. The number of ether oxygens (including phenoxy) is 2. The number of nitrogens with one attached hydrogen (secondary N) is 3. The van der Waals surface area contributed by atoms with Crippen LogP contribution < -0.4 is 5.32 Å². The Balaban J connectivity index is 0.00000232. The van der Waals surface area contributed by atoms with Gasteiger partial charge in [0.2, 0.25) is 11.8 Å². The fraction of sp³-hybridized carbons (Fsp3) is 0.452. The average Bonchev–Trinajstić information content (AvgIpc) is 4.01. The van der Waals surface area contributed by atoms with Crippen LogP contribution in [0.2, 0.25) is 0 Å². The van der Waals surface area contributed by atoms with E-state index in [1.165, 1.54) is 7.11 Å². The maximum Gasteiger partial charge on any atom is 0.407 e. The van der Waals surface area contributed by atoms with Gasteiger partial charge in [0.15, 0.2) is 0 Å². The number of H-pyrrole nitrogens is 2. The Morgan fingerprint density at radius 1 is 0.845 bits per heavy atom. The first-order valence-corrected chi connectivity index (χ1v) is 18.7. The number of carbonyl (C=O) groups excluding carboxylic acids is 3. The molecule has 0 spiro atoms. The van der Waals surface area contributed by atoms with Gasteiger partial charge in [-0.3, -0.25) is 9.59 Å². The molecule has 4 atom stereocenters. The molecular formula is C42H61N7O5S4. The summed E-state index contributed by atoms with van der Waals surface area (Å²) in [5.74, 6) is 1.89. The number of carbonyl (C=O) groups is 3. The Kier molecular flexibility index (Phi) is 19.5. The van der Waals surface area contributed by atoms with E-state index in [0.29, 0.717) is 37.9 Å². The SMILES string of the molecule is C.COC(=O)N[C@H]1C/C=C/COCc2[nH]c(nc2-c2ccc(-c3ccc(-c4cnc([C@@H]5CCCN5C(=O)[C@@H](C)C(C)C)[nH]4)cc3)cc2)[C@@H]2CCCN2C1=O.S.S.S.S. The van der Waals surface area contributed by atoms with E-state index in [4.69, 9.17) is 19.4 Å². The molecule has 2 aromatic carbocycles. The number of rotatable bonds is 7. The molecule has 0 aliphatic carbocycles. The van der Waals surface area contributed by atoms with Crippen LogP contribution in [0.3, 0.4) is 0 Å². The topological polar surface area (TPSA) is 146 Å². The van der Waals surface area contributed by atoms with Crippen molar-refractivity contribution in [1.29, 1.82) is 0 Å². The van der Waals surface area contributed by atoms with Crippen LogP contribution in [-0.4, -0.2) is 80.5 Å². The predicted molar refractivity (Wildman–Crippen MR) is 249 cm³/mol. The second-order valence-corrected chi connectivity index (χ2v) is 14.6. The number of aromatic nitrogens is 4. The van der Waals surface area contributed by atoms with E-state index in [9.17, 15) is 14.4 Å². The standard InChI is InChI=1S/C41H49N7O5.CH4.4H2S/c1-25(2)26(3)39(49)47-20-7-10-34(47)37-42-23-32(43-37)29-16-12-27(13-17-29)28-14-18-30(19-15-28)36-33-24-53-22-6-5-9-31(45-41(51)52-4)40(50)48-21-8-11-35(48)38(44-33)46-36;;;;;/h5-6,12-19,23,25-26,31,34-35H,7-11,20-22,24H2,1-4H3,(H,42,43)(H,44,46)(H,45,51);1H4;4*1H2/b6-5+;;;;;/t26-,31-,34-,35-;;;;;/m0...../s1. The molecule has 0 unspecified atom stereocenters. The number of benzene rings is 2. The van der Waals surface area contributed by atoms with Crippen molar-refractivity contribution >= 4 is 71.9 Å². The minimum absolute atomic E-state index is 0. The molecule has 318 valence electrons. The summed E-state index contributed by atoms with van der Waals surface area (Å²) in [7, 11) is 1.29. The van der Waals surface area contributed by atoms with Gasteiger partial charge in [-0.1, -0.05) is 88.9 Å². The number of methoxy groups -OCH3 is 1. The van der Waals surface area contributed by atoms with E-state index in [-0.39, 0.29) is 91.2 Å². The largest absolute Gasteiger partial charge is 0.453 e. The molecule has 2 fully saturated rings. The summed E-state index contributed by atoms with van der Waals surface area (Å²) < 4.78 is 10.8. The quantitative estimate of drug-likeness (QED) is 0.160. The minimum atomic E-state index is -0.745. The molecule has 58 heavy (non-hydrogen) atoms. The van der Waals surface area contributed by atoms with Gasteiger partial charge in [-0.15, -0.1) is 0 Å². The van der Waals surface area contributed by atoms with Crippen molar-refractivity contribution in [2.45, 2.75) is 85.0 Å². The average molecular weight is 872 g/mol. The first-order valence-electron chi connectivity index (χ1n) is 18.7. The van der Waals surface area contributed by atoms with Gasteiger partial charge in [-0.05, 0) is 54.7 Å². The summed E-state index contributed by atoms with van der Waals surface area (Å²) in [6.45, 7) is 8.26. The molecule has 16 heteroatoms. The Labute approximate surface area is 370 Å². The van der Waals surface area contributed by atoms with Gasteiger partial charge in [0.05, 0.1) is 55.7 Å². The molecular weight excluding hydrogens is 811 g/mol. The fourth-order valence-corrected chi connectivity index (χ4v) is 7.57. The van der Waals surface area contributed by atoms with Crippen molar-refractivity contribution in [3.8, 4) is 33.6 Å². The van der Waals surface area contributed by atoms with E-state index in [2.05, 4.69) is 77.7 Å². The molecule has 3 N–H and O–H groups in total. The molecule has 2 saturated heterocycles. The second kappa shape index (κ2) is 22.5. The van der Waals surface area contributed by atoms with Crippen molar-refractivity contribution in [3.05, 3.63) is 84.2 Å². The number of aromatic amines is 2. The number of hydrogen-bond donors (Lipinski definition) is 3. The maximum absolute atomic E-state index is 13.7. The third-order valence-electron chi connectivity index (χ3n) is 10.9. The molecule has 5 heterocycles. The number of imidazole rings is 2. The molecule has 7 rings (SSSR count). The lowest BCUT2D eigenvalue weighted by atomic mass is 9.96. The van der Waals surface area contributed by atoms with Crippen molar-refractivity contribution in [1.82, 2.24) is 35.1 Å². The van der Waals surface area contributed by atoms with E-state index in [0.717, 1.165) is 77.4 Å².